The molecule has 2 aromatic rings. The van der Waals surface area contributed by atoms with Gasteiger partial charge in [-0.05, 0) is 37.5 Å². The third-order valence-electron chi connectivity index (χ3n) is 4.09. The Bertz CT molecular complexity index is 751. The number of hydrogen-bond acceptors (Lipinski definition) is 4. The van der Waals surface area contributed by atoms with E-state index >= 15 is 0 Å². The largest absolute Gasteiger partial charge is 0.352 e. The summed E-state index contributed by atoms with van der Waals surface area (Å²) in [7, 11) is 0. The highest BCUT2D eigenvalue weighted by molar-refractivity contribution is 8.00. The second-order valence-corrected chi connectivity index (χ2v) is 7.05. The lowest BCUT2D eigenvalue weighted by molar-refractivity contribution is -0.123. The molecule has 5 nitrogen and oxygen atoms in total. The molecule has 0 fully saturated rings. The summed E-state index contributed by atoms with van der Waals surface area (Å²) in [5.41, 5.74) is 1.97. The number of nitrogens with one attached hydrogen (secondary N) is 1. The van der Waals surface area contributed by atoms with Crippen molar-refractivity contribution in [2.75, 3.05) is 17.2 Å². The minimum atomic E-state index is -0.143. The predicted molar refractivity (Wildman–Crippen MR) is 99.7 cm³/mol. The van der Waals surface area contributed by atoms with Crippen molar-refractivity contribution in [1.82, 2.24) is 10.3 Å². The Hall–Kier alpha value is -2.34. The predicted octanol–water partition coefficient (Wildman–Crippen LogP) is 2.66. The van der Waals surface area contributed by atoms with Gasteiger partial charge in [-0.3, -0.25) is 14.5 Å². The van der Waals surface area contributed by atoms with Gasteiger partial charge in [-0.25, -0.2) is 4.98 Å². The van der Waals surface area contributed by atoms with Crippen LogP contribution in [0.5, 0.6) is 0 Å². The Morgan fingerprint density at radius 3 is 2.88 bits per heavy atom. The zero-order valence-corrected chi connectivity index (χ0v) is 15.0. The number of carbonyl (C=O) groups excluding carboxylic acids is 2. The Balaban J connectivity index is 1.54. The zero-order valence-electron chi connectivity index (χ0n) is 14.1. The number of carbonyl (C=O) groups is 2. The SMILES string of the molecule is C[C@H](CCc1ccccc1)NC(=O)CN1C(=O)CSc2ncccc21. The summed E-state index contributed by atoms with van der Waals surface area (Å²) in [5, 5.41) is 3.79. The number of amides is 2. The van der Waals surface area contributed by atoms with Crippen molar-refractivity contribution in [3.63, 3.8) is 0 Å². The van der Waals surface area contributed by atoms with E-state index in [0.29, 0.717) is 5.75 Å². The fourth-order valence-electron chi connectivity index (χ4n) is 2.78. The fourth-order valence-corrected chi connectivity index (χ4v) is 3.66. The van der Waals surface area contributed by atoms with E-state index < -0.39 is 0 Å². The van der Waals surface area contributed by atoms with Crippen LogP contribution in [0.15, 0.2) is 53.7 Å². The molecule has 1 N–H and O–H groups in total. The van der Waals surface area contributed by atoms with Crippen molar-refractivity contribution in [1.29, 1.82) is 0 Å². The van der Waals surface area contributed by atoms with Crippen LogP contribution in [-0.2, 0) is 16.0 Å². The van der Waals surface area contributed by atoms with Gasteiger partial charge in [0.25, 0.3) is 0 Å². The summed E-state index contributed by atoms with van der Waals surface area (Å²) in [4.78, 5) is 30.3. The molecule has 130 valence electrons. The van der Waals surface area contributed by atoms with Crippen LogP contribution in [0.4, 0.5) is 5.69 Å². The van der Waals surface area contributed by atoms with Gasteiger partial charge < -0.3 is 5.32 Å². The smallest absolute Gasteiger partial charge is 0.240 e. The summed E-state index contributed by atoms with van der Waals surface area (Å²) in [6.45, 7) is 2.03. The maximum Gasteiger partial charge on any atom is 0.240 e. The third kappa shape index (κ3) is 4.60. The molecular weight excluding hydrogens is 334 g/mol. The number of benzene rings is 1. The van der Waals surface area contributed by atoms with Crippen molar-refractivity contribution >= 4 is 29.3 Å². The zero-order chi connectivity index (χ0) is 17.6. The molecule has 25 heavy (non-hydrogen) atoms. The number of hydrogen-bond donors (Lipinski definition) is 1. The number of thioether (sulfide) groups is 1. The third-order valence-corrected chi connectivity index (χ3v) is 5.07. The monoisotopic (exact) mass is 355 g/mol. The Labute approximate surface area is 151 Å². The molecule has 0 saturated carbocycles. The van der Waals surface area contributed by atoms with Gasteiger partial charge in [-0.2, -0.15) is 0 Å². The van der Waals surface area contributed by atoms with E-state index in [4.69, 9.17) is 0 Å². The van der Waals surface area contributed by atoms with Crippen LogP contribution in [0.25, 0.3) is 0 Å². The second-order valence-electron chi connectivity index (χ2n) is 6.09. The Kier molecular flexibility index (Phi) is 5.71. The fraction of sp³-hybridized carbons (Fsp3) is 0.316. The van der Waals surface area contributed by atoms with Crippen molar-refractivity contribution < 1.29 is 9.59 Å². The lowest BCUT2D eigenvalue weighted by atomic mass is 10.1. The summed E-state index contributed by atoms with van der Waals surface area (Å²) < 4.78 is 0. The summed E-state index contributed by atoms with van der Waals surface area (Å²) in [6, 6.07) is 13.9. The maximum atomic E-state index is 12.4. The lowest BCUT2D eigenvalue weighted by Crippen LogP contribution is -2.45. The summed E-state index contributed by atoms with van der Waals surface area (Å²) >= 11 is 1.41. The van der Waals surface area contributed by atoms with Gasteiger partial charge in [0.05, 0.1) is 11.4 Å². The second kappa shape index (κ2) is 8.16. The topological polar surface area (TPSA) is 62.3 Å². The summed E-state index contributed by atoms with van der Waals surface area (Å²) in [6.07, 6.45) is 3.47. The first-order valence-electron chi connectivity index (χ1n) is 8.35. The standard InChI is InChI=1S/C19H21N3O2S/c1-14(9-10-15-6-3-2-4-7-15)21-17(23)12-22-16-8-5-11-20-19(16)25-13-18(22)24/h2-8,11,14H,9-10,12-13H2,1H3,(H,21,23)/t14-/m1/s1. The van der Waals surface area contributed by atoms with Crippen molar-refractivity contribution in [3.8, 4) is 0 Å². The molecule has 6 heteroatoms. The number of aryl methyl sites for hydroxylation is 1. The molecule has 0 saturated heterocycles. The number of anilines is 1. The van der Waals surface area contributed by atoms with E-state index in [1.807, 2.05) is 31.2 Å². The van der Waals surface area contributed by atoms with Gasteiger partial charge >= 0.3 is 0 Å². The molecule has 1 atom stereocenters. The van der Waals surface area contributed by atoms with Gasteiger partial charge in [-0.15, -0.1) is 0 Å². The Morgan fingerprint density at radius 1 is 1.28 bits per heavy atom. The normalized spacial score (nSPS) is 14.8. The van der Waals surface area contributed by atoms with Crippen LogP contribution in [0.3, 0.4) is 0 Å². The molecule has 1 aromatic carbocycles. The van der Waals surface area contributed by atoms with Crippen LogP contribution in [0.1, 0.15) is 18.9 Å². The first-order valence-corrected chi connectivity index (χ1v) is 9.33. The van der Waals surface area contributed by atoms with Gasteiger partial charge in [-0.1, -0.05) is 42.1 Å². The number of rotatable bonds is 6. The average Bonchev–Trinajstić information content (AvgIpc) is 2.63. The van der Waals surface area contributed by atoms with E-state index in [1.165, 1.54) is 22.2 Å². The van der Waals surface area contributed by atoms with Crippen LogP contribution in [0, 0.1) is 0 Å². The maximum absolute atomic E-state index is 12.4. The molecule has 0 radical (unpaired) electrons. The molecule has 1 aliphatic heterocycles. The minimum Gasteiger partial charge on any atom is -0.352 e. The van der Waals surface area contributed by atoms with Gasteiger partial charge in [0.15, 0.2) is 0 Å². The molecule has 0 unspecified atom stereocenters. The van der Waals surface area contributed by atoms with Crippen molar-refractivity contribution in [2.45, 2.75) is 30.8 Å². The van der Waals surface area contributed by atoms with Crippen molar-refractivity contribution in [2.24, 2.45) is 0 Å². The molecule has 2 heterocycles. The van der Waals surface area contributed by atoms with Crippen LogP contribution in [0.2, 0.25) is 0 Å². The molecule has 3 rings (SSSR count). The lowest BCUT2D eigenvalue weighted by Gasteiger charge is -2.28. The van der Waals surface area contributed by atoms with E-state index in [9.17, 15) is 9.59 Å². The summed E-state index contributed by atoms with van der Waals surface area (Å²) in [5.74, 6) is 0.120. The first-order chi connectivity index (χ1) is 12.1. The average molecular weight is 355 g/mol. The number of fused-ring (bicyclic) bond motifs is 1. The highest BCUT2D eigenvalue weighted by Crippen LogP contribution is 2.32. The van der Waals surface area contributed by atoms with Gasteiger partial charge in [0, 0.05) is 12.2 Å². The molecule has 0 aliphatic carbocycles. The molecule has 1 aromatic heterocycles. The number of aromatic nitrogens is 1. The van der Waals surface area contributed by atoms with E-state index in [-0.39, 0.29) is 24.4 Å². The first kappa shape index (κ1) is 17.5. The Morgan fingerprint density at radius 2 is 2.08 bits per heavy atom. The van der Waals surface area contributed by atoms with Crippen LogP contribution in [-0.4, -0.2) is 35.1 Å². The molecule has 1 aliphatic rings. The van der Waals surface area contributed by atoms with Crippen LogP contribution >= 0.6 is 11.8 Å². The number of pyridine rings is 1. The van der Waals surface area contributed by atoms with Crippen molar-refractivity contribution in [3.05, 3.63) is 54.2 Å². The molecule has 0 spiro atoms. The number of nitrogens with zero attached hydrogens (tertiary/aromatic N) is 2. The minimum absolute atomic E-state index is 0.0355. The quantitative estimate of drug-likeness (QED) is 0.865. The van der Waals surface area contributed by atoms with Crippen LogP contribution < -0.4 is 10.2 Å². The van der Waals surface area contributed by atoms with Gasteiger partial charge in [0.1, 0.15) is 11.6 Å². The van der Waals surface area contributed by atoms with E-state index in [0.717, 1.165) is 23.6 Å². The molecular formula is C19H21N3O2S. The highest BCUT2D eigenvalue weighted by atomic mass is 32.2. The van der Waals surface area contributed by atoms with E-state index in [2.05, 4.69) is 22.4 Å². The van der Waals surface area contributed by atoms with E-state index in [1.54, 1.807) is 12.3 Å². The highest BCUT2D eigenvalue weighted by Gasteiger charge is 2.27. The molecule has 2 amide bonds. The van der Waals surface area contributed by atoms with Gasteiger partial charge in [0.2, 0.25) is 11.8 Å². The molecule has 0 bridgehead atoms.